The monoisotopic (exact) mass is 282 g/mol. The van der Waals surface area contributed by atoms with Crippen LogP contribution in [0.3, 0.4) is 0 Å². The number of benzene rings is 1. The predicted molar refractivity (Wildman–Crippen MR) is 81.5 cm³/mol. The molecule has 1 aromatic carbocycles. The molecule has 0 bridgehead atoms. The van der Waals surface area contributed by atoms with Crippen LogP contribution in [0.1, 0.15) is 24.8 Å². The van der Waals surface area contributed by atoms with Crippen LogP contribution in [0.4, 0.5) is 5.69 Å². The number of rotatable bonds is 3. The Morgan fingerprint density at radius 3 is 2.84 bits per heavy atom. The summed E-state index contributed by atoms with van der Waals surface area (Å²) in [4.78, 5) is 2.39. The van der Waals surface area contributed by atoms with Crippen molar-refractivity contribution in [1.29, 1.82) is 0 Å². The molecule has 1 saturated heterocycles. The molecule has 1 unspecified atom stereocenters. The molecule has 19 heavy (non-hydrogen) atoms. The first-order chi connectivity index (χ1) is 9.10. The van der Waals surface area contributed by atoms with Gasteiger partial charge in [0.15, 0.2) is 0 Å². The van der Waals surface area contributed by atoms with Gasteiger partial charge in [0, 0.05) is 17.1 Å². The van der Waals surface area contributed by atoms with Gasteiger partial charge in [0.25, 0.3) is 0 Å². The van der Waals surface area contributed by atoms with Gasteiger partial charge >= 0.3 is 0 Å². The number of likely N-dealkylation sites (tertiary alicyclic amines) is 1. The van der Waals surface area contributed by atoms with Gasteiger partial charge in [-0.1, -0.05) is 11.6 Å². The van der Waals surface area contributed by atoms with Crippen LogP contribution in [0.25, 0.3) is 0 Å². The second kappa shape index (κ2) is 6.49. The number of hydrogen-bond acceptors (Lipinski definition) is 3. The molecule has 0 saturated carbocycles. The zero-order valence-electron chi connectivity index (χ0n) is 12.0. The highest BCUT2D eigenvalue weighted by molar-refractivity contribution is 6.31. The van der Waals surface area contributed by atoms with E-state index in [0.29, 0.717) is 6.04 Å². The van der Waals surface area contributed by atoms with Gasteiger partial charge < -0.3 is 15.0 Å². The summed E-state index contributed by atoms with van der Waals surface area (Å²) in [5.41, 5.74) is 2.13. The Labute approximate surface area is 120 Å². The zero-order valence-corrected chi connectivity index (χ0v) is 12.8. The van der Waals surface area contributed by atoms with Crippen LogP contribution in [0.15, 0.2) is 12.1 Å². The Kier molecular flexibility index (Phi) is 4.94. The van der Waals surface area contributed by atoms with Crippen LogP contribution in [-0.2, 0) is 0 Å². The number of methoxy groups -OCH3 is 1. The Bertz CT molecular complexity index is 436. The first-order valence-electron chi connectivity index (χ1n) is 6.89. The summed E-state index contributed by atoms with van der Waals surface area (Å²) >= 11 is 6.14. The average Bonchev–Trinajstić information content (AvgIpc) is 2.59. The van der Waals surface area contributed by atoms with Crippen LogP contribution in [0, 0.1) is 6.92 Å². The molecule has 1 aliphatic heterocycles. The van der Waals surface area contributed by atoms with Gasteiger partial charge in [-0.2, -0.15) is 0 Å². The fraction of sp³-hybridized carbons (Fsp3) is 0.600. The number of ether oxygens (including phenoxy) is 1. The van der Waals surface area contributed by atoms with Crippen LogP contribution in [0.5, 0.6) is 5.75 Å². The van der Waals surface area contributed by atoms with E-state index in [1.165, 1.54) is 25.8 Å². The fourth-order valence-electron chi connectivity index (χ4n) is 2.55. The van der Waals surface area contributed by atoms with Crippen molar-refractivity contribution in [2.45, 2.75) is 32.2 Å². The molecule has 0 radical (unpaired) electrons. The quantitative estimate of drug-likeness (QED) is 0.917. The number of nitrogens with one attached hydrogen (secondary N) is 1. The molecule has 1 aromatic rings. The number of hydrogen-bond donors (Lipinski definition) is 1. The molecule has 0 aromatic heterocycles. The third kappa shape index (κ3) is 3.77. The van der Waals surface area contributed by atoms with E-state index in [0.717, 1.165) is 28.6 Å². The lowest BCUT2D eigenvalue weighted by Crippen LogP contribution is -2.23. The zero-order chi connectivity index (χ0) is 13.8. The third-order valence-electron chi connectivity index (χ3n) is 3.79. The number of aryl methyl sites for hydroxylation is 1. The van der Waals surface area contributed by atoms with E-state index in [1.807, 2.05) is 13.0 Å². The van der Waals surface area contributed by atoms with Gasteiger partial charge in [0.05, 0.1) is 12.8 Å². The summed E-state index contributed by atoms with van der Waals surface area (Å²) < 4.78 is 5.42. The normalized spacial score (nSPS) is 20.9. The topological polar surface area (TPSA) is 24.5 Å². The molecular formula is C15H23ClN2O. The summed E-state index contributed by atoms with van der Waals surface area (Å²) in [5.74, 6) is 0.827. The minimum atomic E-state index is 0.513. The largest absolute Gasteiger partial charge is 0.495 e. The first kappa shape index (κ1) is 14.5. The van der Waals surface area contributed by atoms with Gasteiger partial charge in [-0.05, 0) is 58.0 Å². The molecule has 3 nitrogen and oxygen atoms in total. The first-order valence-corrected chi connectivity index (χ1v) is 7.27. The van der Waals surface area contributed by atoms with E-state index in [-0.39, 0.29) is 0 Å². The smallest absolute Gasteiger partial charge is 0.143 e. The van der Waals surface area contributed by atoms with Gasteiger partial charge in [-0.15, -0.1) is 0 Å². The Balaban J connectivity index is 2.11. The molecule has 0 amide bonds. The molecule has 0 spiro atoms. The highest BCUT2D eigenvalue weighted by Gasteiger charge is 2.16. The predicted octanol–water partition coefficient (Wildman–Crippen LogP) is 3.55. The minimum Gasteiger partial charge on any atom is -0.495 e. The Hall–Kier alpha value is -0.930. The van der Waals surface area contributed by atoms with Crippen molar-refractivity contribution in [3.63, 3.8) is 0 Å². The summed E-state index contributed by atoms with van der Waals surface area (Å²) in [6.45, 7) is 4.36. The maximum absolute atomic E-state index is 6.14. The molecule has 106 valence electrons. The van der Waals surface area contributed by atoms with E-state index in [1.54, 1.807) is 7.11 Å². The average molecular weight is 283 g/mol. The molecular weight excluding hydrogens is 260 g/mol. The van der Waals surface area contributed by atoms with Crippen molar-refractivity contribution in [2.24, 2.45) is 0 Å². The highest BCUT2D eigenvalue weighted by atomic mass is 35.5. The second-order valence-corrected chi connectivity index (χ2v) is 5.78. The van der Waals surface area contributed by atoms with Crippen molar-refractivity contribution in [2.75, 3.05) is 32.6 Å². The summed E-state index contributed by atoms with van der Waals surface area (Å²) in [6.07, 6.45) is 3.61. The number of anilines is 1. The lowest BCUT2D eigenvalue weighted by molar-refractivity contribution is 0.348. The standard InChI is InChI=1S/C15H23ClN2O/c1-11-9-14(15(19-3)10-13(11)16)17-12-5-4-7-18(2)8-6-12/h9-10,12,17H,4-8H2,1-3H3. The maximum Gasteiger partial charge on any atom is 0.143 e. The van der Waals surface area contributed by atoms with Crippen molar-refractivity contribution < 1.29 is 4.74 Å². The Morgan fingerprint density at radius 1 is 1.32 bits per heavy atom. The lowest BCUT2D eigenvalue weighted by Gasteiger charge is -2.20. The maximum atomic E-state index is 6.14. The molecule has 2 rings (SSSR count). The number of nitrogens with zero attached hydrogens (tertiary/aromatic N) is 1. The van der Waals surface area contributed by atoms with Crippen molar-refractivity contribution in [1.82, 2.24) is 4.90 Å². The molecule has 1 N–H and O–H groups in total. The van der Waals surface area contributed by atoms with E-state index in [4.69, 9.17) is 16.3 Å². The molecule has 1 fully saturated rings. The summed E-state index contributed by atoms with van der Waals surface area (Å²) in [7, 11) is 3.88. The molecule has 0 aliphatic carbocycles. The van der Waals surface area contributed by atoms with E-state index in [2.05, 4.69) is 23.3 Å². The van der Waals surface area contributed by atoms with Crippen molar-refractivity contribution in [3.05, 3.63) is 22.7 Å². The van der Waals surface area contributed by atoms with Gasteiger partial charge in [-0.3, -0.25) is 0 Å². The van der Waals surface area contributed by atoms with Gasteiger partial charge in [-0.25, -0.2) is 0 Å². The minimum absolute atomic E-state index is 0.513. The van der Waals surface area contributed by atoms with Crippen LogP contribution in [-0.4, -0.2) is 38.2 Å². The Morgan fingerprint density at radius 2 is 2.11 bits per heavy atom. The van der Waals surface area contributed by atoms with E-state index >= 15 is 0 Å². The highest BCUT2D eigenvalue weighted by Crippen LogP contribution is 2.32. The van der Waals surface area contributed by atoms with Crippen LogP contribution < -0.4 is 10.1 Å². The SMILES string of the molecule is COc1cc(Cl)c(C)cc1NC1CCCN(C)CC1. The van der Waals surface area contributed by atoms with Crippen LogP contribution >= 0.6 is 11.6 Å². The molecule has 4 heteroatoms. The second-order valence-electron chi connectivity index (χ2n) is 5.38. The lowest BCUT2D eigenvalue weighted by atomic mass is 10.1. The van der Waals surface area contributed by atoms with E-state index < -0.39 is 0 Å². The summed E-state index contributed by atoms with van der Waals surface area (Å²) in [5, 5.41) is 4.37. The van der Waals surface area contributed by atoms with Gasteiger partial charge in [0.1, 0.15) is 5.75 Å². The third-order valence-corrected chi connectivity index (χ3v) is 4.20. The van der Waals surface area contributed by atoms with E-state index in [9.17, 15) is 0 Å². The van der Waals surface area contributed by atoms with Crippen molar-refractivity contribution >= 4 is 17.3 Å². The molecule has 1 atom stereocenters. The fourth-order valence-corrected chi connectivity index (χ4v) is 2.70. The number of halogens is 1. The summed E-state index contributed by atoms with van der Waals surface area (Å²) in [6, 6.07) is 4.48. The molecule has 1 aliphatic rings. The van der Waals surface area contributed by atoms with Crippen LogP contribution in [0.2, 0.25) is 5.02 Å². The van der Waals surface area contributed by atoms with Crippen molar-refractivity contribution in [3.8, 4) is 5.75 Å². The molecule has 1 heterocycles. The van der Waals surface area contributed by atoms with Gasteiger partial charge in [0.2, 0.25) is 0 Å².